The van der Waals surface area contributed by atoms with E-state index in [9.17, 15) is 24.1 Å². The number of hydrogen-bond donors (Lipinski definition) is 1. The molecule has 7 nitrogen and oxygen atoms in total. The van der Waals surface area contributed by atoms with Crippen molar-refractivity contribution in [1.82, 2.24) is 4.90 Å². The second kappa shape index (κ2) is 5.86. The molecule has 1 unspecified atom stereocenters. The van der Waals surface area contributed by atoms with Crippen LogP contribution in [-0.2, 0) is 4.79 Å². The standard InChI is InChI=1S/C13H13FN2O5/c14-11-4-3-9(16(20)21)6-10(11)13(19)15-5-1-2-8(15)7-12(17)18/h3-4,6,8H,1-2,5,7H2,(H,17,18). The number of nitro groups is 1. The molecule has 0 spiro atoms. The number of carboxylic acid groups (broad SMARTS) is 1. The van der Waals surface area contributed by atoms with Gasteiger partial charge in [-0.2, -0.15) is 0 Å². The summed E-state index contributed by atoms with van der Waals surface area (Å²) >= 11 is 0. The summed E-state index contributed by atoms with van der Waals surface area (Å²) in [5.41, 5.74) is -0.782. The molecular weight excluding hydrogens is 283 g/mol. The van der Waals surface area contributed by atoms with Crippen LogP contribution in [0.15, 0.2) is 18.2 Å². The van der Waals surface area contributed by atoms with E-state index >= 15 is 0 Å². The molecule has 0 aromatic heterocycles. The van der Waals surface area contributed by atoms with Gasteiger partial charge in [-0.1, -0.05) is 0 Å². The van der Waals surface area contributed by atoms with Crippen molar-refractivity contribution in [2.24, 2.45) is 0 Å². The molecule has 1 N–H and O–H groups in total. The normalized spacial score (nSPS) is 17.8. The maximum Gasteiger partial charge on any atom is 0.305 e. The van der Waals surface area contributed by atoms with Crippen LogP contribution in [0.1, 0.15) is 29.6 Å². The Bertz CT molecular complexity index is 604. The van der Waals surface area contributed by atoms with Crippen molar-refractivity contribution in [1.29, 1.82) is 0 Å². The van der Waals surface area contributed by atoms with Crippen LogP contribution in [0.3, 0.4) is 0 Å². The van der Waals surface area contributed by atoms with Crippen LogP contribution in [-0.4, -0.2) is 39.4 Å². The quantitative estimate of drug-likeness (QED) is 0.674. The van der Waals surface area contributed by atoms with Gasteiger partial charge in [0.15, 0.2) is 0 Å². The summed E-state index contributed by atoms with van der Waals surface area (Å²) in [6, 6.07) is 2.22. The van der Waals surface area contributed by atoms with Crippen molar-refractivity contribution >= 4 is 17.6 Å². The minimum absolute atomic E-state index is 0.220. The molecule has 1 aliphatic heterocycles. The molecule has 0 saturated carbocycles. The van der Waals surface area contributed by atoms with E-state index in [4.69, 9.17) is 5.11 Å². The Morgan fingerprint density at radius 2 is 2.19 bits per heavy atom. The van der Waals surface area contributed by atoms with Crippen LogP contribution in [0.2, 0.25) is 0 Å². The maximum atomic E-state index is 13.7. The number of carbonyl (C=O) groups excluding carboxylic acids is 1. The van der Waals surface area contributed by atoms with E-state index in [0.717, 1.165) is 18.2 Å². The van der Waals surface area contributed by atoms with Gasteiger partial charge in [0, 0.05) is 24.7 Å². The summed E-state index contributed by atoms with van der Waals surface area (Å²) in [7, 11) is 0. The van der Waals surface area contributed by atoms with Gasteiger partial charge in [-0.05, 0) is 18.9 Å². The van der Waals surface area contributed by atoms with Crippen LogP contribution in [0.4, 0.5) is 10.1 Å². The zero-order valence-corrected chi connectivity index (χ0v) is 11.0. The van der Waals surface area contributed by atoms with Crippen molar-refractivity contribution in [3.8, 4) is 0 Å². The summed E-state index contributed by atoms with van der Waals surface area (Å²) < 4.78 is 13.7. The van der Waals surface area contributed by atoms with E-state index in [2.05, 4.69) is 0 Å². The Labute approximate surface area is 119 Å². The topological polar surface area (TPSA) is 101 Å². The highest BCUT2D eigenvalue weighted by molar-refractivity contribution is 5.95. The van der Waals surface area contributed by atoms with E-state index in [1.165, 1.54) is 4.90 Å². The van der Waals surface area contributed by atoms with Gasteiger partial charge in [0.05, 0.1) is 16.9 Å². The second-order valence-electron chi connectivity index (χ2n) is 4.81. The third-order valence-electron chi connectivity index (χ3n) is 3.44. The van der Waals surface area contributed by atoms with Gasteiger partial charge in [0.1, 0.15) is 5.82 Å². The zero-order chi connectivity index (χ0) is 15.6. The molecule has 0 radical (unpaired) electrons. The molecule has 0 aliphatic carbocycles. The van der Waals surface area contributed by atoms with E-state index in [-0.39, 0.29) is 12.1 Å². The Morgan fingerprint density at radius 1 is 1.48 bits per heavy atom. The SMILES string of the molecule is O=C(O)CC1CCCN1C(=O)c1cc([N+](=O)[O-])ccc1F. The van der Waals surface area contributed by atoms with Crippen LogP contribution >= 0.6 is 0 Å². The van der Waals surface area contributed by atoms with Crippen molar-refractivity contribution in [3.05, 3.63) is 39.7 Å². The number of aliphatic carboxylic acids is 1. The minimum Gasteiger partial charge on any atom is -0.481 e. The number of carboxylic acids is 1. The summed E-state index contributed by atoms with van der Waals surface area (Å²) in [4.78, 5) is 34.3. The smallest absolute Gasteiger partial charge is 0.305 e. The van der Waals surface area contributed by atoms with Gasteiger partial charge in [-0.3, -0.25) is 19.7 Å². The third kappa shape index (κ3) is 3.15. The molecule has 2 rings (SSSR count). The summed E-state index contributed by atoms with van der Waals surface area (Å²) in [6.07, 6.45) is 0.928. The fourth-order valence-corrected chi connectivity index (χ4v) is 2.46. The first kappa shape index (κ1) is 14.9. The molecule has 1 aromatic carbocycles. The van der Waals surface area contributed by atoms with E-state index < -0.39 is 34.2 Å². The van der Waals surface area contributed by atoms with E-state index in [1.807, 2.05) is 0 Å². The number of nitro benzene ring substituents is 1. The molecular formula is C13H13FN2O5. The zero-order valence-electron chi connectivity index (χ0n) is 11.0. The number of likely N-dealkylation sites (tertiary alicyclic amines) is 1. The molecule has 1 amide bonds. The number of halogens is 1. The fraction of sp³-hybridized carbons (Fsp3) is 0.385. The third-order valence-corrected chi connectivity index (χ3v) is 3.44. The van der Waals surface area contributed by atoms with Crippen LogP contribution in [0, 0.1) is 15.9 Å². The first-order valence-electron chi connectivity index (χ1n) is 6.37. The fourth-order valence-electron chi connectivity index (χ4n) is 2.46. The largest absolute Gasteiger partial charge is 0.481 e. The van der Waals surface area contributed by atoms with Gasteiger partial charge in [0.2, 0.25) is 0 Å². The highest BCUT2D eigenvalue weighted by Crippen LogP contribution is 2.25. The molecule has 1 aliphatic rings. The Morgan fingerprint density at radius 3 is 2.81 bits per heavy atom. The Balaban J connectivity index is 2.28. The van der Waals surface area contributed by atoms with Gasteiger partial charge in [0.25, 0.3) is 11.6 Å². The number of benzene rings is 1. The van der Waals surface area contributed by atoms with E-state index in [1.54, 1.807) is 0 Å². The average molecular weight is 296 g/mol. The molecule has 0 bridgehead atoms. The van der Waals surface area contributed by atoms with Gasteiger partial charge in [-0.15, -0.1) is 0 Å². The number of nitrogens with zero attached hydrogens (tertiary/aromatic N) is 2. The second-order valence-corrected chi connectivity index (χ2v) is 4.81. The van der Waals surface area contributed by atoms with Crippen molar-refractivity contribution in [3.63, 3.8) is 0 Å². The van der Waals surface area contributed by atoms with Crippen molar-refractivity contribution in [2.75, 3.05) is 6.54 Å². The van der Waals surface area contributed by atoms with Crippen LogP contribution in [0.25, 0.3) is 0 Å². The number of rotatable bonds is 4. The van der Waals surface area contributed by atoms with Crippen LogP contribution < -0.4 is 0 Å². The van der Waals surface area contributed by atoms with Crippen molar-refractivity contribution in [2.45, 2.75) is 25.3 Å². The van der Waals surface area contributed by atoms with E-state index in [0.29, 0.717) is 19.4 Å². The van der Waals surface area contributed by atoms with Gasteiger partial charge >= 0.3 is 5.97 Å². The molecule has 21 heavy (non-hydrogen) atoms. The highest BCUT2D eigenvalue weighted by atomic mass is 19.1. The number of amides is 1. The lowest BCUT2D eigenvalue weighted by Gasteiger charge is -2.23. The number of non-ortho nitro benzene ring substituents is 1. The van der Waals surface area contributed by atoms with Crippen molar-refractivity contribution < 1.29 is 24.0 Å². The monoisotopic (exact) mass is 296 g/mol. The minimum atomic E-state index is -1.04. The first-order chi connectivity index (χ1) is 9.90. The lowest BCUT2D eigenvalue weighted by atomic mass is 10.1. The van der Waals surface area contributed by atoms with Gasteiger partial charge < -0.3 is 10.0 Å². The summed E-state index contributed by atoms with van der Waals surface area (Å²) in [5, 5.41) is 19.5. The number of hydrogen-bond acceptors (Lipinski definition) is 4. The first-order valence-corrected chi connectivity index (χ1v) is 6.37. The highest BCUT2D eigenvalue weighted by Gasteiger charge is 2.32. The predicted octanol–water partition coefficient (Wildman–Crippen LogP) is 1.81. The Hall–Kier alpha value is -2.51. The molecule has 112 valence electrons. The van der Waals surface area contributed by atoms with Gasteiger partial charge in [-0.25, -0.2) is 4.39 Å². The Kier molecular flexibility index (Phi) is 4.15. The molecule has 1 fully saturated rings. The molecule has 1 heterocycles. The lowest BCUT2D eigenvalue weighted by molar-refractivity contribution is -0.384. The lowest BCUT2D eigenvalue weighted by Crippen LogP contribution is -2.37. The maximum absolute atomic E-state index is 13.7. The molecule has 1 atom stereocenters. The average Bonchev–Trinajstić information content (AvgIpc) is 2.85. The molecule has 1 saturated heterocycles. The predicted molar refractivity (Wildman–Crippen MR) is 69.4 cm³/mol. The molecule has 1 aromatic rings. The van der Waals surface area contributed by atoms with Crippen LogP contribution in [0.5, 0.6) is 0 Å². The summed E-state index contributed by atoms with van der Waals surface area (Å²) in [5.74, 6) is -2.61. The number of carbonyl (C=O) groups is 2. The molecule has 8 heteroatoms. The summed E-state index contributed by atoms with van der Waals surface area (Å²) in [6.45, 7) is 0.318.